The average molecular weight is 669 g/mol. The maximum atomic E-state index is 6.20. The smallest absolute Gasteiger partial charge is 0.136 e. The molecule has 11 rings (SSSR count). The van der Waals surface area contributed by atoms with E-state index >= 15 is 0 Å². The second-order valence-electron chi connectivity index (χ2n) is 13.2. The molecule has 0 saturated carbocycles. The Hall–Kier alpha value is -6.42. The molecule has 238 valence electrons. The van der Waals surface area contributed by atoms with Crippen molar-refractivity contribution in [3.63, 3.8) is 0 Å². The summed E-state index contributed by atoms with van der Waals surface area (Å²) in [7, 11) is 0. The van der Waals surface area contributed by atoms with Gasteiger partial charge in [-0.05, 0) is 99.1 Å². The first-order valence-electron chi connectivity index (χ1n) is 17.2. The molecule has 0 saturated heterocycles. The Kier molecular flexibility index (Phi) is 6.16. The minimum absolute atomic E-state index is 0.916. The molecule has 0 fully saturated rings. The number of furan rings is 2. The summed E-state index contributed by atoms with van der Waals surface area (Å²) in [5, 5.41) is 7.21. The fourth-order valence-corrected chi connectivity index (χ4v) is 8.94. The van der Waals surface area contributed by atoms with Crippen molar-refractivity contribution in [2.45, 2.75) is 0 Å². The minimum Gasteiger partial charge on any atom is -0.456 e. The topological polar surface area (TPSA) is 26.3 Å². The van der Waals surface area contributed by atoms with E-state index in [1.807, 2.05) is 35.6 Å². The van der Waals surface area contributed by atoms with Crippen molar-refractivity contribution in [2.24, 2.45) is 0 Å². The Bertz CT molecular complexity index is 3140. The standard InChI is InChI=1S/C48H28O2S/c1-3-14-41-37(10-1)47-35(12-6-16-43(47)49-41)30-20-18-29(19-21-30)32-22-24-45-39(27-32)40-28-33(23-25-46(40)51-45)31-8-5-9-34(26-31)36-13-7-17-44-48(36)38-11-2-4-15-42(38)50-44/h1-28H. The van der Waals surface area contributed by atoms with E-state index in [-0.39, 0.29) is 0 Å². The highest BCUT2D eigenvalue weighted by molar-refractivity contribution is 7.25. The summed E-state index contributed by atoms with van der Waals surface area (Å²) in [6.07, 6.45) is 0. The SMILES string of the molecule is c1cc(-c2ccc3sc4ccc(-c5ccc(-c6cccc7oc8ccccc8c67)cc5)cc4c3c2)cc(-c2cccc3oc4ccccc4c23)c1. The molecule has 0 aliphatic rings. The van der Waals surface area contributed by atoms with E-state index in [4.69, 9.17) is 8.83 Å². The monoisotopic (exact) mass is 668 g/mol. The van der Waals surface area contributed by atoms with Gasteiger partial charge in [-0.15, -0.1) is 11.3 Å². The van der Waals surface area contributed by atoms with Crippen LogP contribution in [0.3, 0.4) is 0 Å². The van der Waals surface area contributed by atoms with Crippen LogP contribution in [0, 0.1) is 0 Å². The van der Waals surface area contributed by atoms with E-state index in [1.165, 1.54) is 70.1 Å². The van der Waals surface area contributed by atoms with Gasteiger partial charge in [0.05, 0.1) is 0 Å². The molecule has 0 aliphatic heterocycles. The highest BCUT2D eigenvalue weighted by atomic mass is 32.1. The van der Waals surface area contributed by atoms with Crippen LogP contribution in [0.1, 0.15) is 0 Å². The Morgan fingerprint density at radius 3 is 1.37 bits per heavy atom. The third kappa shape index (κ3) is 4.49. The first-order chi connectivity index (χ1) is 25.2. The molecule has 3 aromatic heterocycles. The lowest BCUT2D eigenvalue weighted by Gasteiger charge is -2.08. The maximum Gasteiger partial charge on any atom is 0.136 e. The summed E-state index contributed by atoms with van der Waals surface area (Å²) in [5.41, 5.74) is 13.2. The largest absolute Gasteiger partial charge is 0.456 e. The fraction of sp³-hybridized carbons (Fsp3) is 0. The zero-order chi connectivity index (χ0) is 33.5. The second-order valence-corrected chi connectivity index (χ2v) is 14.3. The number of rotatable bonds is 4. The number of hydrogen-bond acceptors (Lipinski definition) is 3. The Morgan fingerprint density at radius 1 is 0.294 bits per heavy atom. The first kappa shape index (κ1) is 28.4. The quantitative estimate of drug-likeness (QED) is 0.187. The zero-order valence-corrected chi connectivity index (χ0v) is 28.2. The number of benzene rings is 8. The first-order valence-corrected chi connectivity index (χ1v) is 18.1. The zero-order valence-electron chi connectivity index (χ0n) is 27.4. The van der Waals surface area contributed by atoms with Crippen LogP contribution in [0.15, 0.2) is 179 Å². The Balaban J connectivity index is 0.973. The minimum atomic E-state index is 0.916. The molecule has 51 heavy (non-hydrogen) atoms. The molecular formula is C48H28O2S. The van der Waals surface area contributed by atoms with Crippen molar-refractivity contribution in [3.05, 3.63) is 170 Å². The Morgan fingerprint density at radius 2 is 0.745 bits per heavy atom. The van der Waals surface area contributed by atoms with Gasteiger partial charge < -0.3 is 8.83 Å². The molecule has 0 aliphatic carbocycles. The van der Waals surface area contributed by atoms with Gasteiger partial charge >= 0.3 is 0 Å². The van der Waals surface area contributed by atoms with Gasteiger partial charge in [0.15, 0.2) is 0 Å². The van der Waals surface area contributed by atoms with E-state index in [1.54, 1.807) is 0 Å². The predicted molar refractivity (Wildman–Crippen MR) is 216 cm³/mol. The summed E-state index contributed by atoms with van der Waals surface area (Å²) in [6.45, 7) is 0. The molecular weight excluding hydrogens is 641 g/mol. The van der Waals surface area contributed by atoms with E-state index < -0.39 is 0 Å². The molecule has 3 heteroatoms. The van der Waals surface area contributed by atoms with Crippen molar-refractivity contribution >= 4 is 75.4 Å². The summed E-state index contributed by atoms with van der Waals surface area (Å²) >= 11 is 1.86. The average Bonchev–Trinajstić information content (AvgIpc) is 3.88. The van der Waals surface area contributed by atoms with Crippen LogP contribution in [-0.4, -0.2) is 0 Å². The van der Waals surface area contributed by atoms with Crippen molar-refractivity contribution in [3.8, 4) is 44.5 Å². The third-order valence-electron chi connectivity index (χ3n) is 10.3. The molecule has 0 unspecified atom stereocenters. The molecule has 0 N–H and O–H groups in total. The van der Waals surface area contributed by atoms with Crippen molar-refractivity contribution in [1.82, 2.24) is 0 Å². The van der Waals surface area contributed by atoms with Crippen LogP contribution in [0.5, 0.6) is 0 Å². The van der Waals surface area contributed by atoms with E-state index in [0.29, 0.717) is 0 Å². The van der Waals surface area contributed by atoms with Crippen LogP contribution in [0.25, 0.3) is 109 Å². The van der Waals surface area contributed by atoms with Crippen molar-refractivity contribution in [2.75, 3.05) is 0 Å². The number of fused-ring (bicyclic) bond motifs is 9. The molecule has 3 heterocycles. The molecule has 0 atom stereocenters. The van der Waals surface area contributed by atoms with Gasteiger partial charge in [-0.25, -0.2) is 0 Å². The van der Waals surface area contributed by atoms with Gasteiger partial charge in [-0.1, -0.05) is 115 Å². The molecule has 8 aromatic carbocycles. The predicted octanol–water partition coefficient (Wildman–Crippen LogP) is 14.5. The van der Waals surface area contributed by atoms with Crippen LogP contribution >= 0.6 is 11.3 Å². The van der Waals surface area contributed by atoms with Gasteiger partial charge in [-0.2, -0.15) is 0 Å². The lowest BCUT2D eigenvalue weighted by atomic mass is 9.95. The van der Waals surface area contributed by atoms with Crippen LogP contribution in [-0.2, 0) is 0 Å². The van der Waals surface area contributed by atoms with E-state index in [9.17, 15) is 0 Å². The summed E-state index contributed by atoms with van der Waals surface area (Å²) in [5.74, 6) is 0. The van der Waals surface area contributed by atoms with Gasteiger partial charge in [0, 0.05) is 41.7 Å². The van der Waals surface area contributed by atoms with Gasteiger partial charge in [0.2, 0.25) is 0 Å². The lowest BCUT2D eigenvalue weighted by molar-refractivity contribution is 0.668. The number of thiophene rings is 1. The Labute approximate surface area is 297 Å². The summed E-state index contributed by atoms with van der Waals surface area (Å²) in [6, 6.07) is 60.9. The van der Waals surface area contributed by atoms with Crippen molar-refractivity contribution < 1.29 is 8.83 Å². The highest BCUT2D eigenvalue weighted by Gasteiger charge is 2.15. The maximum absolute atomic E-state index is 6.20. The van der Waals surface area contributed by atoms with Gasteiger partial charge in [0.1, 0.15) is 22.3 Å². The van der Waals surface area contributed by atoms with E-state index in [2.05, 4.69) is 146 Å². The van der Waals surface area contributed by atoms with E-state index in [0.717, 1.165) is 38.5 Å². The fourth-order valence-electron chi connectivity index (χ4n) is 7.88. The summed E-state index contributed by atoms with van der Waals surface area (Å²) < 4.78 is 15.0. The third-order valence-corrected chi connectivity index (χ3v) is 11.5. The molecule has 0 amide bonds. The number of hydrogen-bond donors (Lipinski definition) is 0. The van der Waals surface area contributed by atoms with Crippen LogP contribution in [0.2, 0.25) is 0 Å². The van der Waals surface area contributed by atoms with Gasteiger partial charge in [-0.3, -0.25) is 0 Å². The second kappa shape index (κ2) is 11.0. The summed E-state index contributed by atoms with van der Waals surface area (Å²) in [4.78, 5) is 0. The number of para-hydroxylation sites is 2. The molecule has 0 bridgehead atoms. The molecule has 2 nitrogen and oxygen atoms in total. The normalized spacial score (nSPS) is 11.9. The van der Waals surface area contributed by atoms with Gasteiger partial charge in [0.25, 0.3) is 0 Å². The molecule has 0 spiro atoms. The molecule has 0 radical (unpaired) electrons. The van der Waals surface area contributed by atoms with Crippen molar-refractivity contribution in [1.29, 1.82) is 0 Å². The van der Waals surface area contributed by atoms with Crippen LogP contribution in [0.4, 0.5) is 0 Å². The lowest BCUT2D eigenvalue weighted by Crippen LogP contribution is -1.83. The van der Waals surface area contributed by atoms with Crippen LogP contribution < -0.4 is 0 Å². The highest BCUT2D eigenvalue weighted by Crippen LogP contribution is 2.42. The molecule has 11 aromatic rings.